The summed E-state index contributed by atoms with van der Waals surface area (Å²) in [5.41, 5.74) is 12.6. The molecule has 4 N–H and O–H groups in total. The van der Waals surface area contributed by atoms with Gasteiger partial charge < -0.3 is 25.4 Å². The SMILES string of the molecule is Nc1ncnc2c1c(-c1noc(C3CC3)c1-c1ccccn1)nn2C1CC(C(=O)NCCCCN2CCC(c3ccc4c(c3)C(=O)N(C3CCC(=O)NC3=O)C4)CC2)C1. The number of benzene rings is 1. The fourth-order valence-corrected chi connectivity index (χ4v) is 9.40. The van der Waals surface area contributed by atoms with Gasteiger partial charge in [-0.3, -0.25) is 29.5 Å². The molecule has 16 heteroatoms. The Morgan fingerprint density at radius 3 is 2.58 bits per heavy atom. The maximum atomic E-state index is 13.3. The molecule has 2 aliphatic carbocycles. The number of nitrogens with zero attached hydrogens (tertiary/aromatic N) is 8. The molecule has 59 heavy (non-hydrogen) atoms. The molecule has 304 valence electrons. The summed E-state index contributed by atoms with van der Waals surface area (Å²) < 4.78 is 7.80. The van der Waals surface area contributed by atoms with E-state index in [1.807, 2.05) is 35.0 Å². The first-order valence-corrected chi connectivity index (χ1v) is 21.0. The molecule has 2 saturated heterocycles. The van der Waals surface area contributed by atoms with Crippen LogP contribution in [-0.2, 0) is 20.9 Å². The van der Waals surface area contributed by atoms with Crippen molar-refractivity contribution in [3.63, 3.8) is 0 Å². The van der Waals surface area contributed by atoms with Gasteiger partial charge in [-0.25, -0.2) is 14.6 Å². The number of hydrogen-bond acceptors (Lipinski definition) is 12. The number of likely N-dealkylation sites (tertiary alicyclic amines) is 1. The number of aromatic nitrogens is 6. The van der Waals surface area contributed by atoms with Crippen molar-refractivity contribution in [2.75, 3.05) is 31.9 Å². The molecule has 1 unspecified atom stereocenters. The number of nitrogen functional groups attached to an aromatic ring is 1. The van der Waals surface area contributed by atoms with E-state index in [1.54, 1.807) is 11.1 Å². The highest BCUT2D eigenvalue weighted by Gasteiger charge is 2.41. The van der Waals surface area contributed by atoms with E-state index in [0.717, 1.165) is 80.7 Å². The molecule has 0 radical (unpaired) electrons. The Morgan fingerprint density at radius 2 is 1.80 bits per heavy atom. The molecule has 3 aliphatic heterocycles. The number of rotatable bonds is 12. The minimum atomic E-state index is -0.599. The number of imide groups is 1. The molecular formula is C43H47N11O5. The second-order valence-electron chi connectivity index (χ2n) is 16.8. The number of unbranched alkanes of at least 4 members (excludes halogenated alkanes) is 1. The van der Waals surface area contributed by atoms with Crippen LogP contribution in [-0.4, -0.2) is 95.5 Å². The number of amides is 4. The third-order valence-corrected chi connectivity index (χ3v) is 13.0. The zero-order chi connectivity index (χ0) is 40.2. The monoisotopic (exact) mass is 797 g/mol. The summed E-state index contributed by atoms with van der Waals surface area (Å²) in [5, 5.41) is 15.7. The van der Waals surface area contributed by atoms with Crippen LogP contribution in [0.25, 0.3) is 33.7 Å². The summed E-state index contributed by atoms with van der Waals surface area (Å²) in [6.07, 6.45) is 11.1. The number of nitrogens with two attached hydrogens (primary N) is 1. The largest absolute Gasteiger partial charge is 0.383 e. The summed E-state index contributed by atoms with van der Waals surface area (Å²) in [6, 6.07) is 11.3. The summed E-state index contributed by atoms with van der Waals surface area (Å²) >= 11 is 0. The summed E-state index contributed by atoms with van der Waals surface area (Å²) in [6.45, 7) is 3.98. The van der Waals surface area contributed by atoms with E-state index < -0.39 is 6.04 Å². The van der Waals surface area contributed by atoms with Gasteiger partial charge in [-0.2, -0.15) is 5.10 Å². The number of carbonyl (C=O) groups is 4. The lowest BCUT2D eigenvalue weighted by Crippen LogP contribution is -2.52. The quantitative estimate of drug-likeness (QED) is 0.118. The Labute approximate surface area is 340 Å². The van der Waals surface area contributed by atoms with Crippen LogP contribution in [0.5, 0.6) is 0 Å². The first-order chi connectivity index (χ1) is 28.8. The highest BCUT2D eigenvalue weighted by molar-refractivity contribution is 6.05. The van der Waals surface area contributed by atoms with E-state index >= 15 is 0 Å². The van der Waals surface area contributed by atoms with E-state index in [9.17, 15) is 19.2 Å². The third kappa shape index (κ3) is 7.02. The second-order valence-corrected chi connectivity index (χ2v) is 16.8. The van der Waals surface area contributed by atoms with Crippen molar-refractivity contribution >= 4 is 40.5 Å². The van der Waals surface area contributed by atoms with Crippen molar-refractivity contribution in [2.45, 2.75) is 94.7 Å². The van der Waals surface area contributed by atoms with Crippen molar-refractivity contribution in [1.82, 2.24) is 50.3 Å². The maximum Gasteiger partial charge on any atom is 0.255 e. The Hall–Kier alpha value is -6.03. The molecule has 1 atom stereocenters. The highest BCUT2D eigenvalue weighted by Crippen LogP contribution is 2.49. The Morgan fingerprint density at radius 1 is 0.949 bits per heavy atom. The number of pyridine rings is 1. The molecule has 4 aromatic heterocycles. The molecule has 4 amide bonds. The van der Waals surface area contributed by atoms with Crippen LogP contribution >= 0.6 is 0 Å². The molecule has 0 bridgehead atoms. The van der Waals surface area contributed by atoms with Crippen LogP contribution in [0.15, 0.2) is 53.4 Å². The molecule has 10 rings (SSSR count). The summed E-state index contributed by atoms with van der Waals surface area (Å²) in [7, 11) is 0. The van der Waals surface area contributed by atoms with E-state index in [0.29, 0.717) is 78.0 Å². The van der Waals surface area contributed by atoms with Gasteiger partial charge in [-0.15, -0.1) is 0 Å². The first-order valence-electron chi connectivity index (χ1n) is 21.0. The number of hydrogen-bond donors (Lipinski definition) is 3. The number of carbonyl (C=O) groups excluding carboxylic acids is 4. The van der Waals surface area contributed by atoms with Crippen molar-refractivity contribution in [3.8, 4) is 22.6 Å². The average molecular weight is 798 g/mol. The van der Waals surface area contributed by atoms with Crippen LogP contribution in [0, 0.1) is 5.92 Å². The molecule has 2 saturated carbocycles. The van der Waals surface area contributed by atoms with Gasteiger partial charge in [0, 0.05) is 43.1 Å². The van der Waals surface area contributed by atoms with Crippen molar-refractivity contribution in [2.24, 2.45) is 5.92 Å². The molecule has 16 nitrogen and oxygen atoms in total. The van der Waals surface area contributed by atoms with Crippen molar-refractivity contribution in [1.29, 1.82) is 0 Å². The Bertz CT molecular complexity index is 2450. The fraction of sp³-hybridized carbons (Fsp3) is 0.465. The van der Waals surface area contributed by atoms with E-state index in [1.165, 1.54) is 11.9 Å². The van der Waals surface area contributed by atoms with Gasteiger partial charge in [-0.05, 0) is 113 Å². The van der Waals surface area contributed by atoms with Crippen LogP contribution in [0.2, 0.25) is 0 Å². The lowest BCUT2D eigenvalue weighted by Gasteiger charge is -2.34. The molecule has 4 fully saturated rings. The number of fused-ring (bicyclic) bond motifs is 2. The molecule has 7 heterocycles. The zero-order valence-electron chi connectivity index (χ0n) is 32.8. The van der Waals surface area contributed by atoms with Crippen LogP contribution < -0.4 is 16.4 Å². The topological polar surface area (TPSA) is 207 Å². The highest BCUT2D eigenvalue weighted by atomic mass is 16.5. The van der Waals surface area contributed by atoms with Gasteiger partial charge in [0.25, 0.3) is 5.91 Å². The van der Waals surface area contributed by atoms with Crippen molar-refractivity contribution in [3.05, 3.63) is 71.4 Å². The average Bonchev–Trinajstić information content (AvgIpc) is 3.74. The van der Waals surface area contributed by atoms with Crippen LogP contribution in [0.3, 0.4) is 0 Å². The van der Waals surface area contributed by atoms with E-state index in [2.05, 4.69) is 41.7 Å². The number of anilines is 1. The van der Waals surface area contributed by atoms with Gasteiger partial charge >= 0.3 is 0 Å². The predicted molar refractivity (Wildman–Crippen MR) is 215 cm³/mol. The lowest BCUT2D eigenvalue weighted by molar-refractivity contribution is -0.137. The maximum absolute atomic E-state index is 13.3. The van der Waals surface area contributed by atoms with Gasteiger partial charge in [0.2, 0.25) is 17.7 Å². The Kier molecular flexibility index (Phi) is 9.65. The summed E-state index contributed by atoms with van der Waals surface area (Å²) in [4.78, 5) is 68.1. The number of nitrogens with one attached hydrogen (secondary N) is 2. The predicted octanol–water partition coefficient (Wildman–Crippen LogP) is 4.49. The molecule has 5 aromatic rings. The molecule has 5 aliphatic rings. The van der Waals surface area contributed by atoms with Crippen LogP contribution in [0.4, 0.5) is 5.82 Å². The van der Waals surface area contributed by atoms with Gasteiger partial charge in [0.05, 0.1) is 22.7 Å². The smallest absolute Gasteiger partial charge is 0.255 e. The van der Waals surface area contributed by atoms with Gasteiger partial charge in [0.15, 0.2) is 5.65 Å². The zero-order valence-corrected chi connectivity index (χ0v) is 32.8. The van der Waals surface area contributed by atoms with Crippen LogP contribution in [0.1, 0.15) is 109 Å². The van der Waals surface area contributed by atoms with E-state index in [-0.39, 0.29) is 42.0 Å². The molecule has 0 spiro atoms. The standard InChI is InChI=1S/C43H47N11O5/c44-39-35-36(37-34(31-5-1-2-14-45-31)38(59-51-37)25-6-7-25)50-54(40(35)48-23-47-39)29-19-28(20-29)41(56)46-15-3-4-16-52-17-12-24(13-18-52)26-8-9-27-22-53(43(58)30(27)21-26)32-10-11-33(55)49-42(32)57/h1-2,5,8-9,14,21,23-25,28-29,32H,3-4,6-7,10-13,15-20,22H2,(H,46,56)(H2,44,47,48)(H,49,55,57). The van der Waals surface area contributed by atoms with Gasteiger partial charge in [0.1, 0.15) is 35.3 Å². The normalized spacial score (nSPS) is 22.4. The molecule has 1 aromatic carbocycles. The number of piperidine rings is 2. The lowest BCUT2D eigenvalue weighted by atomic mass is 9.79. The van der Waals surface area contributed by atoms with Gasteiger partial charge in [-0.1, -0.05) is 23.4 Å². The first kappa shape index (κ1) is 37.3. The fourth-order valence-electron chi connectivity index (χ4n) is 9.40. The minimum absolute atomic E-state index is 0.0165. The minimum Gasteiger partial charge on any atom is -0.383 e. The molecular weight excluding hydrogens is 751 g/mol. The Balaban J connectivity index is 0.692. The van der Waals surface area contributed by atoms with E-state index in [4.69, 9.17) is 15.4 Å². The third-order valence-electron chi connectivity index (χ3n) is 13.0. The van der Waals surface area contributed by atoms with Crippen molar-refractivity contribution < 1.29 is 23.7 Å². The summed E-state index contributed by atoms with van der Waals surface area (Å²) in [5.74, 6) is 0.994. The second kappa shape index (κ2) is 15.3.